The molecule has 4 nitrogen and oxygen atoms in total. The first-order valence-electron chi connectivity index (χ1n) is 7.79. The van der Waals surface area contributed by atoms with E-state index in [0.29, 0.717) is 26.2 Å². The van der Waals surface area contributed by atoms with Crippen molar-refractivity contribution in [2.24, 2.45) is 11.7 Å². The highest BCUT2D eigenvalue weighted by molar-refractivity contribution is 5.79. The number of nitrogens with zero attached hydrogens (tertiary/aromatic N) is 2. The largest absolute Gasteiger partial charge is 0.366 e. The number of piperazine rings is 1. The van der Waals surface area contributed by atoms with Gasteiger partial charge in [0.15, 0.2) is 0 Å². The Hall–Kier alpha value is -1.69. The fraction of sp³-hybridized carbons (Fsp3) is 0.562. The molecule has 1 heterocycles. The number of anilines is 1. The minimum atomic E-state index is -0.449. The van der Waals surface area contributed by atoms with Gasteiger partial charge in [0.05, 0.1) is 5.69 Å². The Labute approximate surface area is 128 Å². The van der Waals surface area contributed by atoms with Crippen molar-refractivity contribution in [3.05, 3.63) is 29.8 Å². The van der Waals surface area contributed by atoms with Crippen LogP contribution < -0.4 is 10.6 Å². The number of halogens is 2. The molecule has 1 aliphatic carbocycles. The van der Waals surface area contributed by atoms with E-state index < -0.39 is 11.6 Å². The first kappa shape index (κ1) is 15.2. The number of amides is 1. The molecular weight excluding hydrogens is 288 g/mol. The van der Waals surface area contributed by atoms with Gasteiger partial charge in [0.25, 0.3) is 0 Å². The van der Waals surface area contributed by atoms with E-state index >= 15 is 0 Å². The average Bonchev–Trinajstić information content (AvgIpc) is 2.96. The third-order valence-electron chi connectivity index (χ3n) is 4.66. The molecule has 0 unspecified atom stereocenters. The lowest BCUT2D eigenvalue weighted by Gasteiger charge is -2.37. The van der Waals surface area contributed by atoms with Crippen molar-refractivity contribution in [1.29, 1.82) is 0 Å². The molecule has 2 atom stereocenters. The predicted octanol–water partition coefficient (Wildman–Crippen LogP) is 1.74. The molecule has 1 amide bonds. The van der Waals surface area contributed by atoms with Crippen LogP contribution in [0.25, 0.3) is 0 Å². The Morgan fingerprint density at radius 1 is 1.14 bits per heavy atom. The van der Waals surface area contributed by atoms with Crippen molar-refractivity contribution < 1.29 is 13.6 Å². The van der Waals surface area contributed by atoms with E-state index in [2.05, 4.69) is 0 Å². The van der Waals surface area contributed by atoms with Crippen LogP contribution in [-0.2, 0) is 4.79 Å². The van der Waals surface area contributed by atoms with Crippen LogP contribution in [-0.4, -0.2) is 43.0 Å². The number of hydrogen-bond acceptors (Lipinski definition) is 3. The molecule has 1 aliphatic heterocycles. The fourth-order valence-electron chi connectivity index (χ4n) is 3.39. The Kier molecular flexibility index (Phi) is 4.29. The maximum absolute atomic E-state index is 13.8. The number of rotatable bonds is 2. The zero-order chi connectivity index (χ0) is 15.7. The second kappa shape index (κ2) is 6.20. The molecule has 0 aromatic heterocycles. The Bertz CT molecular complexity index is 558. The molecule has 22 heavy (non-hydrogen) atoms. The summed E-state index contributed by atoms with van der Waals surface area (Å²) in [4.78, 5) is 16.1. The van der Waals surface area contributed by atoms with E-state index in [9.17, 15) is 13.6 Å². The van der Waals surface area contributed by atoms with Crippen LogP contribution in [0.2, 0.25) is 0 Å². The van der Waals surface area contributed by atoms with Gasteiger partial charge in [-0.3, -0.25) is 4.79 Å². The van der Waals surface area contributed by atoms with Crippen molar-refractivity contribution in [1.82, 2.24) is 4.90 Å². The van der Waals surface area contributed by atoms with Crippen molar-refractivity contribution in [3.8, 4) is 0 Å². The summed E-state index contributed by atoms with van der Waals surface area (Å²) in [6.45, 7) is 2.12. The van der Waals surface area contributed by atoms with Crippen molar-refractivity contribution >= 4 is 11.6 Å². The first-order chi connectivity index (χ1) is 10.5. The molecule has 120 valence electrons. The van der Waals surface area contributed by atoms with Crippen LogP contribution in [0.4, 0.5) is 14.5 Å². The summed E-state index contributed by atoms with van der Waals surface area (Å²) >= 11 is 0. The molecule has 1 saturated heterocycles. The highest BCUT2D eigenvalue weighted by Gasteiger charge is 2.32. The van der Waals surface area contributed by atoms with Gasteiger partial charge in [-0.05, 0) is 31.4 Å². The third kappa shape index (κ3) is 3.06. The van der Waals surface area contributed by atoms with Crippen molar-refractivity contribution in [2.75, 3.05) is 31.1 Å². The van der Waals surface area contributed by atoms with Gasteiger partial charge in [-0.25, -0.2) is 8.78 Å². The van der Waals surface area contributed by atoms with Crippen molar-refractivity contribution in [3.63, 3.8) is 0 Å². The van der Waals surface area contributed by atoms with Gasteiger partial charge in [-0.1, -0.05) is 0 Å². The summed E-state index contributed by atoms with van der Waals surface area (Å²) < 4.78 is 27.1. The SMILES string of the molecule is N[C@H]1CC[C@H](C(=O)N2CCN(c3cc(F)ccc3F)CC2)C1. The molecule has 1 aromatic rings. The van der Waals surface area contributed by atoms with E-state index in [-0.39, 0.29) is 23.6 Å². The van der Waals surface area contributed by atoms with Crippen LogP contribution in [0, 0.1) is 17.6 Å². The average molecular weight is 309 g/mol. The van der Waals surface area contributed by atoms with E-state index in [1.54, 1.807) is 4.90 Å². The quantitative estimate of drug-likeness (QED) is 0.905. The number of carbonyl (C=O) groups excluding carboxylic acids is 1. The van der Waals surface area contributed by atoms with Crippen LogP contribution >= 0.6 is 0 Å². The first-order valence-corrected chi connectivity index (χ1v) is 7.79. The lowest BCUT2D eigenvalue weighted by Crippen LogP contribution is -2.50. The number of benzene rings is 1. The molecule has 2 fully saturated rings. The maximum atomic E-state index is 13.8. The second-order valence-corrected chi connectivity index (χ2v) is 6.18. The minimum Gasteiger partial charge on any atom is -0.366 e. The summed E-state index contributed by atoms with van der Waals surface area (Å²) in [6.07, 6.45) is 2.53. The third-order valence-corrected chi connectivity index (χ3v) is 4.66. The minimum absolute atomic E-state index is 0.0347. The highest BCUT2D eigenvalue weighted by Crippen LogP contribution is 2.27. The Balaban J connectivity index is 1.60. The van der Waals surface area contributed by atoms with Crippen molar-refractivity contribution in [2.45, 2.75) is 25.3 Å². The molecule has 3 rings (SSSR count). The van der Waals surface area contributed by atoms with Gasteiger partial charge in [-0.2, -0.15) is 0 Å². The second-order valence-electron chi connectivity index (χ2n) is 6.18. The molecule has 2 aliphatic rings. The smallest absolute Gasteiger partial charge is 0.225 e. The van der Waals surface area contributed by atoms with Gasteiger partial charge < -0.3 is 15.5 Å². The monoisotopic (exact) mass is 309 g/mol. The number of nitrogens with two attached hydrogens (primary N) is 1. The van der Waals surface area contributed by atoms with Crippen LogP contribution in [0.15, 0.2) is 18.2 Å². The summed E-state index contributed by atoms with van der Waals surface area (Å²) in [5.41, 5.74) is 6.14. The van der Waals surface area contributed by atoms with Gasteiger partial charge in [-0.15, -0.1) is 0 Å². The maximum Gasteiger partial charge on any atom is 0.225 e. The predicted molar refractivity (Wildman–Crippen MR) is 80.5 cm³/mol. The standard InChI is InChI=1S/C16H21F2N3O/c17-12-2-4-14(18)15(10-12)20-5-7-21(8-6-20)16(22)11-1-3-13(19)9-11/h2,4,10-11,13H,1,3,5-9,19H2/t11-,13-/m0/s1. The number of hydrogen-bond donors (Lipinski definition) is 1. The summed E-state index contributed by atoms with van der Waals surface area (Å²) in [7, 11) is 0. The topological polar surface area (TPSA) is 49.6 Å². The molecule has 0 bridgehead atoms. The molecule has 0 radical (unpaired) electrons. The van der Waals surface area contributed by atoms with Crippen LogP contribution in [0.3, 0.4) is 0 Å². The van der Waals surface area contributed by atoms with Gasteiger partial charge in [0.1, 0.15) is 11.6 Å². The van der Waals surface area contributed by atoms with Crippen LogP contribution in [0.1, 0.15) is 19.3 Å². The van der Waals surface area contributed by atoms with E-state index in [1.165, 1.54) is 6.07 Å². The highest BCUT2D eigenvalue weighted by atomic mass is 19.1. The van der Waals surface area contributed by atoms with Gasteiger partial charge in [0.2, 0.25) is 5.91 Å². The molecule has 1 saturated carbocycles. The van der Waals surface area contributed by atoms with Gasteiger partial charge >= 0.3 is 0 Å². The molecule has 0 spiro atoms. The fourth-order valence-corrected chi connectivity index (χ4v) is 3.39. The molecule has 6 heteroatoms. The Morgan fingerprint density at radius 3 is 2.50 bits per heavy atom. The lowest BCUT2D eigenvalue weighted by atomic mass is 10.1. The number of carbonyl (C=O) groups is 1. The summed E-state index contributed by atoms with van der Waals surface area (Å²) in [6, 6.07) is 3.60. The zero-order valence-electron chi connectivity index (χ0n) is 12.5. The molecule has 2 N–H and O–H groups in total. The van der Waals surface area contributed by atoms with E-state index in [0.717, 1.165) is 31.4 Å². The van der Waals surface area contributed by atoms with Gasteiger partial charge in [0, 0.05) is 44.2 Å². The zero-order valence-corrected chi connectivity index (χ0v) is 12.5. The normalized spacial score (nSPS) is 25.6. The summed E-state index contributed by atoms with van der Waals surface area (Å²) in [5.74, 6) is -0.683. The van der Waals surface area contributed by atoms with Crippen LogP contribution in [0.5, 0.6) is 0 Å². The molecule has 1 aromatic carbocycles. The summed E-state index contributed by atoms with van der Waals surface area (Å²) in [5, 5.41) is 0. The van der Waals surface area contributed by atoms with E-state index in [1.807, 2.05) is 4.90 Å². The van der Waals surface area contributed by atoms with E-state index in [4.69, 9.17) is 5.73 Å². The lowest BCUT2D eigenvalue weighted by molar-refractivity contribution is -0.135. The Morgan fingerprint density at radius 2 is 1.86 bits per heavy atom. The molecular formula is C16H21F2N3O.